The van der Waals surface area contributed by atoms with Crippen LogP contribution in [0.4, 0.5) is 17.1 Å². The summed E-state index contributed by atoms with van der Waals surface area (Å²) in [6.45, 7) is 2.44. The van der Waals surface area contributed by atoms with Gasteiger partial charge in [-0.3, -0.25) is 9.52 Å². The van der Waals surface area contributed by atoms with Crippen LogP contribution in [0.1, 0.15) is 5.56 Å². The van der Waals surface area contributed by atoms with Gasteiger partial charge < -0.3 is 19.7 Å². The molecule has 4 rings (SSSR count). The second-order valence-electron chi connectivity index (χ2n) is 7.44. The lowest BCUT2D eigenvalue weighted by atomic mass is 10.2. The number of carbonyl (C=O) groups is 1. The summed E-state index contributed by atoms with van der Waals surface area (Å²) in [5.41, 5.74) is 2.44. The maximum atomic E-state index is 13.1. The van der Waals surface area contributed by atoms with Crippen molar-refractivity contribution in [3.63, 3.8) is 0 Å². The number of ether oxygens (including phenoxy) is 2. The van der Waals surface area contributed by atoms with Gasteiger partial charge in [-0.25, -0.2) is 8.42 Å². The van der Waals surface area contributed by atoms with Crippen LogP contribution < -0.4 is 19.7 Å². The number of thiophene rings is 1. The van der Waals surface area contributed by atoms with Gasteiger partial charge in [-0.15, -0.1) is 0 Å². The number of morpholine rings is 1. The van der Waals surface area contributed by atoms with E-state index in [2.05, 4.69) is 14.9 Å². The van der Waals surface area contributed by atoms with Crippen molar-refractivity contribution >= 4 is 44.3 Å². The zero-order chi connectivity index (χ0) is 23.3. The van der Waals surface area contributed by atoms with Crippen LogP contribution in [-0.2, 0) is 26.0 Å². The molecule has 1 fully saturated rings. The van der Waals surface area contributed by atoms with E-state index in [1.54, 1.807) is 30.3 Å². The summed E-state index contributed by atoms with van der Waals surface area (Å²) in [6.07, 6.45) is 0.211. The number of carbonyl (C=O) groups excluding carboxylic acids is 1. The number of para-hydroxylation sites is 2. The Morgan fingerprint density at radius 1 is 1.12 bits per heavy atom. The van der Waals surface area contributed by atoms with Crippen molar-refractivity contribution in [3.05, 3.63) is 64.9 Å². The fourth-order valence-corrected chi connectivity index (χ4v) is 5.33. The summed E-state index contributed by atoms with van der Waals surface area (Å²) in [7, 11) is -2.45. The Bertz CT molecular complexity index is 1210. The lowest BCUT2D eigenvalue weighted by Gasteiger charge is -2.30. The summed E-state index contributed by atoms with van der Waals surface area (Å²) in [5.74, 6) is 0.199. The molecule has 0 aliphatic carbocycles. The van der Waals surface area contributed by atoms with Gasteiger partial charge in [-0.1, -0.05) is 12.1 Å². The van der Waals surface area contributed by atoms with Crippen LogP contribution in [0, 0.1) is 0 Å². The molecule has 1 amide bonds. The first-order valence-electron chi connectivity index (χ1n) is 10.4. The first kappa shape index (κ1) is 23.1. The molecule has 1 aromatic heterocycles. The summed E-state index contributed by atoms with van der Waals surface area (Å²) >= 11 is 1.52. The van der Waals surface area contributed by atoms with Crippen LogP contribution in [0.3, 0.4) is 0 Å². The molecule has 1 aliphatic heterocycles. The molecule has 0 atom stereocenters. The van der Waals surface area contributed by atoms with Crippen LogP contribution >= 0.6 is 11.3 Å². The number of benzene rings is 2. The number of methoxy groups -OCH3 is 1. The molecule has 0 saturated carbocycles. The van der Waals surface area contributed by atoms with Gasteiger partial charge in [0.1, 0.15) is 5.75 Å². The Balaban J connectivity index is 1.64. The maximum Gasteiger partial charge on any atom is 0.262 e. The van der Waals surface area contributed by atoms with E-state index in [1.165, 1.54) is 30.6 Å². The minimum Gasteiger partial charge on any atom is -0.495 e. The lowest BCUT2D eigenvalue weighted by Crippen LogP contribution is -2.37. The normalized spacial score (nSPS) is 14.0. The fourth-order valence-electron chi connectivity index (χ4n) is 3.57. The Hall–Kier alpha value is -3.08. The van der Waals surface area contributed by atoms with Crippen molar-refractivity contribution in [2.24, 2.45) is 0 Å². The van der Waals surface area contributed by atoms with Crippen molar-refractivity contribution in [2.45, 2.75) is 11.3 Å². The highest BCUT2D eigenvalue weighted by atomic mass is 32.2. The minimum absolute atomic E-state index is 0.0382. The van der Waals surface area contributed by atoms with Crippen molar-refractivity contribution in [2.75, 3.05) is 48.4 Å². The third kappa shape index (κ3) is 5.65. The van der Waals surface area contributed by atoms with E-state index in [4.69, 9.17) is 9.47 Å². The van der Waals surface area contributed by atoms with Crippen LogP contribution in [0.2, 0.25) is 0 Å². The first-order chi connectivity index (χ1) is 16.0. The highest BCUT2D eigenvalue weighted by Crippen LogP contribution is 2.32. The predicted molar refractivity (Wildman–Crippen MR) is 130 cm³/mol. The van der Waals surface area contributed by atoms with Crippen molar-refractivity contribution in [1.29, 1.82) is 0 Å². The molecule has 0 unspecified atom stereocenters. The molecule has 3 aromatic rings. The number of sulfonamides is 1. The molecule has 174 valence electrons. The Morgan fingerprint density at radius 2 is 1.91 bits per heavy atom. The second-order valence-corrected chi connectivity index (χ2v) is 9.90. The number of nitrogens with zero attached hydrogens (tertiary/aromatic N) is 1. The summed E-state index contributed by atoms with van der Waals surface area (Å²) in [6, 6.07) is 13.4. The monoisotopic (exact) mass is 487 g/mol. The molecule has 0 radical (unpaired) electrons. The summed E-state index contributed by atoms with van der Waals surface area (Å²) in [4.78, 5) is 14.8. The molecule has 2 heterocycles. The second kappa shape index (κ2) is 10.2. The van der Waals surface area contributed by atoms with Gasteiger partial charge in [0.15, 0.2) is 0 Å². The number of hydrogen-bond donors (Lipinski definition) is 2. The van der Waals surface area contributed by atoms with Crippen molar-refractivity contribution < 1.29 is 22.7 Å². The molecule has 1 aliphatic rings. The van der Waals surface area contributed by atoms with Gasteiger partial charge in [-0.05, 0) is 52.7 Å². The number of nitrogens with one attached hydrogen (secondary N) is 2. The summed E-state index contributed by atoms with van der Waals surface area (Å²) in [5, 5.41) is 6.74. The molecule has 2 N–H and O–H groups in total. The number of anilines is 3. The van der Waals surface area contributed by atoms with Gasteiger partial charge in [0, 0.05) is 13.1 Å². The SMILES string of the molecule is COc1ccccc1NS(=O)(=O)c1ccc(N2CCOCC2)c(NC(=O)Cc2ccsc2)c1. The molecular formula is C23H25N3O5S2. The third-order valence-electron chi connectivity index (χ3n) is 5.20. The van der Waals surface area contributed by atoms with E-state index in [-0.39, 0.29) is 17.2 Å². The van der Waals surface area contributed by atoms with Gasteiger partial charge in [-0.2, -0.15) is 11.3 Å². The van der Waals surface area contributed by atoms with E-state index >= 15 is 0 Å². The summed E-state index contributed by atoms with van der Waals surface area (Å²) < 4.78 is 39.5. The van der Waals surface area contributed by atoms with Crippen LogP contribution in [0.25, 0.3) is 0 Å². The van der Waals surface area contributed by atoms with Gasteiger partial charge in [0.25, 0.3) is 10.0 Å². The Kier molecular flexibility index (Phi) is 7.17. The number of rotatable bonds is 8. The van der Waals surface area contributed by atoms with Crippen LogP contribution in [-0.4, -0.2) is 47.7 Å². The highest BCUT2D eigenvalue weighted by Gasteiger charge is 2.22. The molecule has 2 aromatic carbocycles. The zero-order valence-electron chi connectivity index (χ0n) is 18.1. The fraction of sp³-hybridized carbons (Fsp3) is 0.261. The molecule has 33 heavy (non-hydrogen) atoms. The number of amides is 1. The molecular weight excluding hydrogens is 462 g/mol. The van der Waals surface area contributed by atoms with Gasteiger partial charge >= 0.3 is 0 Å². The van der Waals surface area contributed by atoms with E-state index in [1.807, 2.05) is 16.8 Å². The van der Waals surface area contributed by atoms with E-state index in [0.29, 0.717) is 43.4 Å². The quantitative estimate of drug-likeness (QED) is 0.504. The number of hydrogen-bond acceptors (Lipinski definition) is 7. The maximum absolute atomic E-state index is 13.1. The van der Waals surface area contributed by atoms with Crippen molar-refractivity contribution in [1.82, 2.24) is 0 Å². The van der Waals surface area contributed by atoms with E-state index < -0.39 is 10.0 Å². The van der Waals surface area contributed by atoms with Crippen molar-refractivity contribution in [3.8, 4) is 5.75 Å². The van der Waals surface area contributed by atoms with Crippen LogP contribution in [0.5, 0.6) is 5.75 Å². The molecule has 8 nitrogen and oxygen atoms in total. The first-order valence-corrected chi connectivity index (χ1v) is 12.8. The molecule has 1 saturated heterocycles. The minimum atomic E-state index is -3.92. The molecule has 0 spiro atoms. The Morgan fingerprint density at radius 3 is 2.64 bits per heavy atom. The molecule has 0 bridgehead atoms. The average Bonchev–Trinajstić information content (AvgIpc) is 3.32. The Labute approximate surface area is 197 Å². The average molecular weight is 488 g/mol. The van der Waals surface area contributed by atoms with E-state index in [9.17, 15) is 13.2 Å². The standard InChI is InChI=1S/C23H25N3O5S2/c1-30-22-5-3-2-4-19(22)25-33(28,29)18-6-7-21(26-9-11-31-12-10-26)20(15-18)24-23(27)14-17-8-13-32-16-17/h2-8,13,15-16,25H,9-12,14H2,1H3,(H,24,27). The lowest BCUT2D eigenvalue weighted by molar-refractivity contribution is -0.115. The van der Waals surface area contributed by atoms with E-state index in [0.717, 1.165) is 11.3 Å². The third-order valence-corrected chi connectivity index (χ3v) is 7.30. The zero-order valence-corrected chi connectivity index (χ0v) is 19.7. The van der Waals surface area contributed by atoms with Gasteiger partial charge in [0.05, 0.1) is 48.7 Å². The highest BCUT2D eigenvalue weighted by molar-refractivity contribution is 7.92. The largest absolute Gasteiger partial charge is 0.495 e. The van der Waals surface area contributed by atoms with Crippen LogP contribution in [0.15, 0.2) is 64.2 Å². The smallest absolute Gasteiger partial charge is 0.262 e. The van der Waals surface area contributed by atoms with Gasteiger partial charge in [0.2, 0.25) is 5.91 Å². The topological polar surface area (TPSA) is 97.0 Å². The predicted octanol–water partition coefficient (Wildman–Crippen LogP) is 3.58. The molecule has 10 heteroatoms.